The zero-order valence-electron chi connectivity index (χ0n) is 23.9. The van der Waals surface area contributed by atoms with Crippen molar-refractivity contribution in [2.75, 3.05) is 13.6 Å². The van der Waals surface area contributed by atoms with Gasteiger partial charge in [0.25, 0.3) is 0 Å². The van der Waals surface area contributed by atoms with Crippen molar-refractivity contribution in [2.45, 2.75) is 78.4 Å². The summed E-state index contributed by atoms with van der Waals surface area (Å²) in [4.78, 5) is 2.65. The van der Waals surface area contributed by atoms with Gasteiger partial charge in [0.15, 0.2) is 0 Å². The standard InChI is InChI=1S/C30H30N2O.2C2H6/c1-17-9-10-19-15-23-29(2)16-21-24-20-8-6-5-7-18(20)11-12-22(24)32(4)26(21)28-30(29,13-14-31(23)3)25(19)27(17)33-28;2*1-2/h5-12,23,28H,13-16H2,1-4H3;2*1-2H3/t23-,28+,29+,30+;;/m1../s1. The Morgan fingerprint density at radius 1 is 0.946 bits per heavy atom. The van der Waals surface area contributed by atoms with Crippen LogP contribution in [0.1, 0.15) is 75.1 Å². The van der Waals surface area contributed by atoms with Crippen molar-refractivity contribution in [3.63, 3.8) is 0 Å². The highest BCUT2D eigenvalue weighted by Crippen LogP contribution is 2.71. The Labute approximate surface area is 222 Å². The Bertz CT molecular complexity index is 1530. The molecular weight excluding hydrogens is 452 g/mol. The highest BCUT2D eigenvalue weighted by atomic mass is 16.5. The van der Waals surface area contributed by atoms with Crippen molar-refractivity contribution in [3.05, 3.63) is 76.5 Å². The normalized spacial score (nSPS) is 28.4. The second-order valence-corrected chi connectivity index (χ2v) is 11.4. The number of nitrogens with zero attached hydrogens (tertiary/aromatic N) is 2. The first-order valence-corrected chi connectivity index (χ1v) is 14.4. The highest BCUT2D eigenvalue weighted by molar-refractivity contribution is 6.09. The second-order valence-electron chi connectivity index (χ2n) is 11.4. The van der Waals surface area contributed by atoms with Crippen LogP contribution in [0.2, 0.25) is 0 Å². The molecule has 0 unspecified atom stereocenters. The minimum atomic E-state index is 0.0596. The fourth-order valence-corrected chi connectivity index (χ4v) is 8.66. The van der Waals surface area contributed by atoms with Crippen molar-refractivity contribution in [1.82, 2.24) is 9.47 Å². The summed E-state index contributed by atoms with van der Waals surface area (Å²) in [5, 5.41) is 4.16. The quantitative estimate of drug-likeness (QED) is 0.247. The second kappa shape index (κ2) is 8.36. The number of hydrogen-bond acceptors (Lipinski definition) is 2. The fourth-order valence-electron chi connectivity index (χ4n) is 8.66. The van der Waals surface area contributed by atoms with E-state index in [4.69, 9.17) is 4.74 Å². The molecule has 3 heterocycles. The van der Waals surface area contributed by atoms with Crippen LogP contribution in [-0.4, -0.2) is 29.1 Å². The van der Waals surface area contributed by atoms with Crippen LogP contribution in [0.5, 0.6) is 5.75 Å². The lowest BCUT2D eigenvalue weighted by Crippen LogP contribution is -2.68. The van der Waals surface area contributed by atoms with Crippen LogP contribution in [-0.2, 0) is 25.3 Å². The first kappa shape index (κ1) is 24.6. The number of benzene rings is 3. The molecule has 3 aromatic carbocycles. The molecule has 8 rings (SSSR count). The SMILES string of the molecule is CC.CC.Cc1ccc2c3c1O[C@H]1c4c(c5c6ccccc6ccc5n4C)C[C@@]4(C)[C@@H](C2)N(C)CC[C@]314. The third-order valence-electron chi connectivity index (χ3n) is 10.2. The summed E-state index contributed by atoms with van der Waals surface area (Å²) in [7, 11) is 4.62. The summed E-state index contributed by atoms with van der Waals surface area (Å²) >= 11 is 0. The molecule has 0 N–H and O–H groups in total. The summed E-state index contributed by atoms with van der Waals surface area (Å²) in [6, 6.07) is 18.7. The van der Waals surface area contributed by atoms with Crippen LogP contribution in [0.15, 0.2) is 48.5 Å². The van der Waals surface area contributed by atoms with Crippen LogP contribution in [0.25, 0.3) is 21.7 Å². The van der Waals surface area contributed by atoms with Gasteiger partial charge in [0.1, 0.15) is 11.9 Å². The molecule has 3 nitrogen and oxygen atoms in total. The van der Waals surface area contributed by atoms with Gasteiger partial charge in [-0.25, -0.2) is 0 Å². The van der Waals surface area contributed by atoms with Crippen LogP contribution in [0, 0.1) is 12.3 Å². The van der Waals surface area contributed by atoms with E-state index in [0.29, 0.717) is 6.04 Å². The number of likely N-dealkylation sites (tertiary alicyclic amines) is 1. The molecule has 37 heavy (non-hydrogen) atoms. The van der Waals surface area contributed by atoms with Crippen molar-refractivity contribution in [2.24, 2.45) is 12.5 Å². The number of likely N-dealkylation sites (N-methyl/N-ethyl adjacent to an activating group) is 1. The van der Waals surface area contributed by atoms with Gasteiger partial charge in [0.05, 0.1) is 11.1 Å². The smallest absolute Gasteiger partial charge is 0.149 e. The molecule has 2 bridgehead atoms. The van der Waals surface area contributed by atoms with E-state index in [-0.39, 0.29) is 16.9 Å². The summed E-state index contributed by atoms with van der Waals surface area (Å²) in [5.74, 6) is 1.19. The van der Waals surface area contributed by atoms with Gasteiger partial charge in [0.2, 0.25) is 0 Å². The Hall–Kier alpha value is -2.78. The number of piperidine rings is 1. The number of aryl methyl sites for hydroxylation is 2. The maximum Gasteiger partial charge on any atom is 0.149 e. The van der Waals surface area contributed by atoms with Crippen LogP contribution in [0.3, 0.4) is 0 Å². The van der Waals surface area contributed by atoms with Gasteiger partial charge in [-0.2, -0.15) is 0 Å². The topological polar surface area (TPSA) is 17.4 Å². The van der Waals surface area contributed by atoms with E-state index in [1.807, 2.05) is 27.7 Å². The Morgan fingerprint density at radius 3 is 2.49 bits per heavy atom. The largest absolute Gasteiger partial charge is 0.483 e. The number of fused-ring (bicyclic) bond motifs is 6. The highest BCUT2D eigenvalue weighted by Gasteiger charge is 2.70. The third kappa shape index (κ3) is 2.76. The van der Waals surface area contributed by atoms with E-state index < -0.39 is 0 Å². The van der Waals surface area contributed by atoms with Gasteiger partial charge in [-0.05, 0) is 73.3 Å². The monoisotopic (exact) mass is 494 g/mol. The average Bonchev–Trinajstić information content (AvgIpc) is 3.42. The van der Waals surface area contributed by atoms with Crippen molar-refractivity contribution < 1.29 is 4.74 Å². The fraction of sp³-hybridized carbons (Fsp3) is 0.471. The molecule has 0 radical (unpaired) electrons. The van der Waals surface area contributed by atoms with Crippen molar-refractivity contribution in [3.8, 4) is 5.75 Å². The number of hydrogen-bond donors (Lipinski definition) is 0. The van der Waals surface area contributed by atoms with E-state index in [1.54, 1.807) is 5.56 Å². The molecule has 2 aliphatic carbocycles. The lowest BCUT2D eigenvalue weighted by molar-refractivity contribution is -0.0912. The van der Waals surface area contributed by atoms with Crippen molar-refractivity contribution >= 4 is 21.7 Å². The van der Waals surface area contributed by atoms with Crippen LogP contribution < -0.4 is 4.74 Å². The predicted octanol–water partition coefficient (Wildman–Crippen LogP) is 7.89. The Kier molecular flexibility index (Phi) is 5.55. The van der Waals surface area contributed by atoms with E-state index in [1.165, 1.54) is 56.2 Å². The van der Waals surface area contributed by atoms with Crippen LogP contribution >= 0.6 is 0 Å². The van der Waals surface area contributed by atoms with Crippen LogP contribution in [0.4, 0.5) is 0 Å². The molecule has 1 spiro atoms. The first-order chi connectivity index (χ1) is 18.0. The summed E-state index contributed by atoms with van der Waals surface area (Å²) < 4.78 is 9.59. The van der Waals surface area contributed by atoms with Gasteiger partial charge in [-0.3, -0.25) is 0 Å². The number of ether oxygens (including phenoxy) is 1. The zero-order valence-corrected chi connectivity index (χ0v) is 23.9. The summed E-state index contributed by atoms with van der Waals surface area (Å²) in [6.45, 7) is 14.0. The van der Waals surface area contributed by atoms with Gasteiger partial charge < -0.3 is 14.2 Å². The van der Waals surface area contributed by atoms with E-state index >= 15 is 0 Å². The molecule has 2 aliphatic heterocycles. The van der Waals surface area contributed by atoms with Crippen molar-refractivity contribution in [1.29, 1.82) is 0 Å². The molecule has 0 saturated carbocycles. The minimum absolute atomic E-state index is 0.0596. The average molecular weight is 495 g/mol. The summed E-state index contributed by atoms with van der Waals surface area (Å²) in [5.41, 5.74) is 8.88. The molecule has 0 amide bonds. The molecule has 4 aliphatic rings. The minimum Gasteiger partial charge on any atom is -0.483 e. The lowest BCUT2D eigenvalue weighted by atomic mass is 9.44. The molecule has 4 atom stereocenters. The lowest BCUT2D eigenvalue weighted by Gasteiger charge is -2.64. The maximum atomic E-state index is 7.12. The Morgan fingerprint density at radius 2 is 1.70 bits per heavy atom. The van der Waals surface area contributed by atoms with Gasteiger partial charge in [-0.15, -0.1) is 0 Å². The first-order valence-electron chi connectivity index (χ1n) is 14.4. The molecule has 1 fully saturated rings. The maximum absolute atomic E-state index is 7.12. The van der Waals surface area contributed by atoms with Gasteiger partial charge >= 0.3 is 0 Å². The van der Waals surface area contributed by atoms with Gasteiger partial charge in [0, 0.05) is 35.0 Å². The molecule has 3 heteroatoms. The molecule has 1 aromatic heterocycles. The Balaban J connectivity index is 0.000000603. The molecule has 1 saturated heterocycles. The zero-order chi connectivity index (χ0) is 26.3. The molecule has 4 aromatic rings. The molecular formula is C34H42N2O. The number of aromatic nitrogens is 1. The third-order valence-corrected chi connectivity index (χ3v) is 10.2. The van der Waals surface area contributed by atoms with E-state index in [9.17, 15) is 0 Å². The molecule has 194 valence electrons. The van der Waals surface area contributed by atoms with E-state index in [2.05, 4.69) is 85.9 Å². The summed E-state index contributed by atoms with van der Waals surface area (Å²) in [6.07, 6.45) is 3.52. The van der Waals surface area contributed by atoms with Gasteiger partial charge in [-0.1, -0.05) is 77.1 Å². The number of rotatable bonds is 0. The van der Waals surface area contributed by atoms with E-state index in [0.717, 1.165) is 19.4 Å². The predicted molar refractivity (Wildman–Crippen MR) is 156 cm³/mol.